The summed E-state index contributed by atoms with van der Waals surface area (Å²) in [7, 11) is 0. The molecular weight excluding hydrogens is 262 g/mol. The van der Waals surface area contributed by atoms with E-state index in [-0.39, 0.29) is 12.3 Å². The highest BCUT2D eigenvalue weighted by atomic mass is 16.6. The molecule has 6 nitrogen and oxygen atoms in total. The van der Waals surface area contributed by atoms with Crippen molar-refractivity contribution in [2.45, 2.75) is 6.61 Å². The number of benzene rings is 1. The zero-order chi connectivity index (χ0) is 14.4. The van der Waals surface area contributed by atoms with E-state index in [4.69, 9.17) is 9.15 Å². The molecule has 0 N–H and O–H groups in total. The second-order valence-electron chi connectivity index (χ2n) is 3.87. The molecule has 20 heavy (non-hydrogen) atoms. The number of nitro benzene ring substituents is 1. The zero-order valence-electron chi connectivity index (χ0n) is 10.4. The van der Waals surface area contributed by atoms with Crippen LogP contribution in [-0.2, 0) is 16.1 Å². The van der Waals surface area contributed by atoms with Gasteiger partial charge in [-0.25, -0.2) is 4.79 Å². The van der Waals surface area contributed by atoms with E-state index in [1.807, 2.05) is 0 Å². The minimum absolute atomic E-state index is 0.00236. The molecule has 0 amide bonds. The summed E-state index contributed by atoms with van der Waals surface area (Å²) in [6.45, 7) is 0.0659. The van der Waals surface area contributed by atoms with Gasteiger partial charge in [0.05, 0.1) is 11.2 Å². The van der Waals surface area contributed by atoms with Gasteiger partial charge in [0, 0.05) is 18.2 Å². The maximum absolute atomic E-state index is 11.4. The largest absolute Gasteiger partial charge is 0.466 e. The molecule has 0 unspecified atom stereocenters. The number of hydrogen-bond acceptors (Lipinski definition) is 5. The van der Waals surface area contributed by atoms with E-state index in [0.29, 0.717) is 11.3 Å². The molecule has 1 heterocycles. The van der Waals surface area contributed by atoms with Gasteiger partial charge in [0.2, 0.25) is 0 Å². The van der Waals surface area contributed by atoms with Crippen molar-refractivity contribution < 1.29 is 18.9 Å². The summed E-state index contributed by atoms with van der Waals surface area (Å²) in [5.41, 5.74) is 0.674. The van der Waals surface area contributed by atoms with Crippen LogP contribution < -0.4 is 0 Å². The molecule has 102 valence electrons. The van der Waals surface area contributed by atoms with E-state index in [2.05, 4.69) is 0 Å². The fraction of sp³-hybridized carbons (Fsp3) is 0.0714. The van der Waals surface area contributed by atoms with Crippen molar-refractivity contribution >= 4 is 17.7 Å². The second kappa shape index (κ2) is 6.33. The number of carbonyl (C=O) groups is 1. The quantitative estimate of drug-likeness (QED) is 0.362. The maximum atomic E-state index is 11.4. The maximum Gasteiger partial charge on any atom is 0.331 e. The Bertz CT molecular complexity index is 614. The first-order valence-electron chi connectivity index (χ1n) is 5.77. The van der Waals surface area contributed by atoms with E-state index in [1.54, 1.807) is 24.3 Å². The predicted octanol–water partition coefficient (Wildman–Crippen LogP) is 2.94. The SMILES string of the molecule is O=C(C=Cc1ccc([N+](=O)[O-])cc1)OCc1ccco1. The minimum Gasteiger partial charge on any atom is -0.466 e. The molecule has 2 rings (SSSR count). The van der Waals surface area contributed by atoms with Crippen molar-refractivity contribution in [3.63, 3.8) is 0 Å². The number of nitro groups is 1. The van der Waals surface area contributed by atoms with Gasteiger partial charge < -0.3 is 9.15 Å². The highest BCUT2D eigenvalue weighted by molar-refractivity contribution is 5.87. The molecule has 1 aromatic carbocycles. The Morgan fingerprint density at radius 2 is 2.05 bits per heavy atom. The van der Waals surface area contributed by atoms with Crippen LogP contribution in [0.15, 0.2) is 53.2 Å². The molecule has 0 aliphatic rings. The Morgan fingerprint density at radius 3 is 2.65 bits per heavy atom. The van der Waals surface area contributed by atoms with Crippen LogP contribution in [-0.4, -0.2) is 10.9 Å². The zero-order valence-corrected chi connectivity index (χ0v) is 10.4. The van der Waals surface area contributed by atoms with Crippen molar-refractivity contribution in [3.8, 4) is 0 Å². The standard InChI is InChI=1S/C14H11NO5/c16-14(20-10-13-2-1-9-19-13)8-5-11-3-6-12(7-4-11)15(17)18/h1-9H,10H2. The molecule has 2 aromatic rings. The smallest absolute Gasteiger partial charge is 0.331 e. The fourth-order valence-corrected chi connectivity index (χ4v) is 1.46. The number of carbonyl (C=O) groups excluding carboxylic acids is 1. The molecule has 0 spiro atoms. The number of ether oxygens (including phenoxy) is 1. The molecule has 0 fully saturated rings. The predicted molar refractivity (Wildman–Crippen MR) is 70.6 cm³/mol. The Kier molecular flexibility index (Phi) is 4.28. The lowest BCUT2D eigenvalue weighted by Gasteiger charge is -1.98. The average Bonchev–Trinajstić information content (AvgIpc) is 2.96. The van der Waals surface area contributed by atoms with Gasteiger partial charge in [0.25, 0.3) is 5.69 Å². The fourth-order valence-electron chi connectivity index (χ4n) is 1.46. The molecule has 0 radical (unpaired) electrons. The van der Waals surface area contributed by atoms with Gasteiger partial charge in [0.15, 0.2) is 0 Å². The van der Waals surface area contributed by atoms with Crippen LogP contribution >= 0.6 is 0 Å². The van der Waals surface area contributed by atoms with Gasteiger partial charge in [-0.05, 0) is 35.9 Å². The first kappa shape index (κ1) is 13.5. The number of hydrogen-bond donors (Lipinski definition) is 0. The number of nitrogens with zero attached hydrogens (tertiary/aromatic N) is 1. The monoisotopic (exact) mass is 273 g/mol. The summed E-state index contributed by atoms with van der Waals surface area (Å²) < 4.78 is 9.96. The van der Waals surface area contributed by atoms with E-state index in [0.717, 1.165) is 0 Å². The lowest BCUT2D eigenvalue weighted by atomic mass is 10.2. The highest BCUT2D eigenvalue weighted by Crippen LogP contribution is 2.13. The van der Waals surface area contributed by atoms with Gasteiger partial charge in [-0.15, -0.1) is 0 Å². The van der Waals surface area contributed by atoms with Crippen molar-refractivity contribution in [3.05, 3.63) is 70.2 Å². The van der Waals surface area contributed by atoms with Gasteiger partial charge in [-0.2, -0.15) is 0 Å². The topological polar surface area (TPSA) is 82.6 Å². The molecule has 0 saturated carbocycles. The molecule has 6 heteroatoms. The van der Waals surface area contributed by atoms with Gasteiger partial charge in [-0.1, -0.05) is 0 Å². The Balaban J connectivity index is 1.88. The van der Waals surface area contributed by atoms with E-state index in [1.165, 1.54) is 30.5 Å². The minimum atomic E-state index is -0.514. The van der Waals surface area contributed by atoms with Crippen LogP contribution in [0.3, 0.4) is 0 Å². The average molecular weight is 273 g/mol. The van der Waals surface area contributed by atoms with Crippen molar-refractivity contribution in [1.82, 2.24) is 0 Å². The number of rotatable bonds is 5. The number of esters is 1. The van der Waals surface area contributed by atoms with Crippen molar-refractivity contribution in [2.24, 2.45) is 0 Å². The Hall–Kier alpha value is -2.89. The van der Waals surface area contributed by atoms with Crippen LogP contribution in [0.2, 0.25) is 0 Å². The third kappa shape index (κ3) is 3.81. The molecule has 0 atom stereocenters. The summed E-state index contributed by atoms with van der Waals surface area (Å²) >= 11 is 0. The molecule has 0 bridgehead atoms. The van der Waals surface area contributed by atoms with Crippen LogP contribution in [0.4, 0.5) is 5.69 Å². The summed E-state index contributed by atoms with van der Waals surface area (Å²) in [4.78, 5) is 21.4. The molecule has 1 aromatic heterocycles. The van der Waals surface area contributed by atoms with Gasteiger partial charge in [-0.3, -0.25) is 10.1 Å². The summed E-state index contributed by atoms with van der Waals surface area (Å²) in [6.07, 6.45) is 4.27. The van der Waals surface area contributed by atoms with Crippen LogP contribution in [0.5, 0.6) is 0 Å². The molecule has 0 aliphatic carbocycles. The lowest BCUT2D eigenvalue weighted by molar-refractivity contribution is -0.384. The van der Waals surface area contributed by atoms with Crippen molar-refractivity contribution in [1.29, 1.82) is 0 Å². The third-order valence-corrected chi connectivity index (χ3v) is 2.45. The van der Waals surface area contributed by atoms with E-state index in [9.17, 15) is 14.9 Å². The summed E-state index contributed by atoms with van der Waals surface area (Å²) in [5.74, 6) is 0.0434. The second-order valence-corrected chi connectivity index (χ2v) is 3.87. The Morgan fingerprint density at radius 1 is 1.30 bits per heavy atom. The lowest BCUT2D eigenvalue weighted by Crippen LogP contribution is -1.99. The number of non-ortho nitro benzene ring substituents is 1. The summed E-state index contributed by atoms with van der Waals surface area (Å²) in [5, 5.41) is 10.5. The van der Waals surface area contributed by atoms with E-state index < -0.39 is 10.9 Å². The first-order valence-corrected chi connectivity index (χ1v) is 5.77. The Labute approximate surface area is 114 Å². The van der Waals surface area contributed by atoms with Crippen molar-refractivity contribution in [2.75, 3.05) is 0 Å². The first-order chi connectivity index (χ1) is 9.65. The van der Waals surface area contributed by atoms with Crippen LogP contribution in [0.1, 0.15) is 11.3 Å². The van der Waals surface area contributed by atoms with Gasteiger partial charge >= 0.3 is 5.97 Å². The van der Waals surface area contributed by atoms with E-state index >= 15 is 0 Å². The molecule has 0 aliphatic heterocycles. The normalized spacial score (nSPS) is 10.6. The third-order valence-electron chi connectivity index (χ3n) is 2.45. The van der Waals surface area contributed by atoms with Crippen LogP contribution in [0, 0.1) is 10.1 Å². The summed E-state index contributed by atoms with van der Waals surface area (Å²) in [6, 6.07) is 9.24. The number of furan rings is 1. The van der Waals surface area contributed by atoms with Crippen LogP contribution in [0.25, 0.3) is 6.08 Å². The highest BCUT2D eigenvalue weighted by Gasteiger charge is 2.03. The molecular formula is C14H11NO5. The van der Waals surface area contributed by atoms with Gasteiger partial charge in [0.1, 0.15) is 12.4 Å². The molecule has 0 saturated heterocycles.